The van der Waals surface area contributed by atoms with Crippen LogP contribution in [0.25, 0.3) is 10.9 Å². The molecule has 1 unspecified atom stereocenters. The Morgan fingerprint density at radius 3 is 2.58 bits per heavy atom. The van der Waals surface area contributed by atoms with Crippen LogP contribution >= 0.6 is 0 Å². The van der Waals surface area contributed by atoms with Gasteiger partial charge in [0.25, 0.3) is 5.91 Å². The van der Waals surface area contributed by atoms with E-state index in [9.17, 15) is 31.9 Å². The second-order valence-corrected chi connectivity index (χ2v) is 10.9. The number of halogens is 4. The number of fused-ring (bicyclic) bond motifs is 3. The van der Waals surface area contributed by atoms with Crippen molar-refractivity contribution in [2.24, 2.45) is 0 Å². The summed E-state index contributed by atoms with van der Waals surface area (Å²) in [6, 6.07) is 9.17. The average molecular weight is 555 g/mol. The zero-order valence-corrected chi connectivity index (χ0v) is 21.7. The highest BCUT2D eigenvalue weighted by molar-refractivity contribution is 6.07. The summed E-state index contributed by atoms with van der Waals surface area (Å²) in [5.41, 5.74) is -2.32. The van der Waals surface area contributed by atoms with E-state index in [1.54, 1.807) is 24.3 Å². The molecule has 0 aliphatic carbocycles. The summed E-state index contributed by atoms with van der Waals surface area (Å²) >= 11 is 0. The van der Waals surface area contributed by atoms with E-state index < -0.39 is 53.1 Å². The van der Waals surface area contributed by atoms with Crippen molar-refractivity contribution >= 4 is 34.3 Å². The van der Waals surface area contributed by atoms with E-state index >= 15 is 0 Å². The van der Waals surface area contributed by atoms with Crippen LogP contribution in [0, 0.1) is 12.3 Å². The lowest BCUT2D eigenvalue weighted by Gasteiger charge is -2.30. The van der Waals surface area contributed by atoms with Crippen molar-refractivity contribution in [3.8, 4) is 12.3 Å². The molecule has 2 aliphatic heterocycles. The Balaban J connectivity index is 1.43. The van der Waals surface area contributed by atoms with Gasteiger partial charge in [0.2, 0.25) is 11.8 Å². The number of benzene rings is 2. The van der Waals surface area contributed by atoms with Gasteiger partial charge in [-0.05, 0) is 56.2 Å². The molecule has 3 atom stereocenters. The molecule has 0 radical (unpaired) electrons. The van der Waals surface area contributed by atoms with Gasteiger partial charge >= 0.3 is 6.18 Å². The lowest BCUT2D eigenvalue weighted by atomic mass is 9.79. The second kappa shape index (κ2) is 9.40. The number of rotatable bonds is 5. The highest BCUT2D eigenvalue weighted by atomic mass is 19.4. The van der Waals surface area contributed by atoms with Crippen molar-refractivity contribution in [3.63, 3.8) is 0 Å². The molecule has 0 bridgehead atoms. The van der Waals surface area contributed by atoms with E-state index in [2.05, 4.69) is 21.5 Å². The first-order valence-corrected chi connectivity index (χ1v) is 12.6. The van der Waals surface area contributed by atoms with Crippen LogP contribution in [0.2, 0.25) is 0 Å². The molecule has 1 spiro atoms. The van der Waals surface area contributed by atoms with Gasteiger partial charge in [-0.1, -0.05) is 24.1 Å². The van der Waals surface area contributed by atoms with Crippen molar-refractivity contribution in [2.45, 2.75) is 56.0 Å². The van der Waals surface area contributed by atoms with E-state index in [1.807, 2.05) is 0 Å². The molecule has 40 heavy (non-hydrogen) atoms. The number of para-hydroxylation sites is 1. The Kier molecular flexibility index (Phi) is 6.40. The molecule has 3 N–H and O–H groups in total. The maximum atomic E-state index is 14.9. The fraction of sp³-hybridized carbons (Fsp3) is 0.345. The average Bonchev–Trinajstić information content (AvgIpc) is 3.56. The number of H-pyrrole nitrogens is 1. The summed E-state index contributed by atoms with van der Waals surface area (Å²) in [4.78, 5) is 44.2. The molecule has 3 amide bonds. The quantitative estimate of drug-likeness (QED) is 0.319. The Morgan fingerprint density at radius 2 is 1.90 bits per heavy atom. The minimum absolute atomic E-state index is 0.0603. The molecule has 3 heterocycles. The summed E-state index contributed by atoms with van der Waals surface area (Å²) in [5, 5.41) is 5.51. The zero-order valence-electron chi connectivity index (χ0n) is 21.7. The highest BCUT2D eigenvalue weighted by Gasteiger charge is 2.56. The number of carbonyl (C=O) groups excluding carboxylic acids is 3. The number of likely N-dealkylation sites (tertiary alicyclic amines) is 1. The number of alkyl halides is 4. The summed E-state index contributed by atoms with van der Waals surface area (Å²) in [5.74, 6) is 0.793. The number of carbonyl (C=O) groups is 3. The van der Waals surface area contributed by atoms with E-state index in [-0.39, 0.29) is 35.5 Å². The topological polar surface area (TPSA) is 94.3 Å². The molecule has 0 saturated carbocycles. The summed E-state index contributed by atoms with van der Waals surface area (Å²) < 4.78 is 54.2. The summed E-state index contributed by atoms with van der Waals surface area (Å²) in [6.07, 6.45) is 0.953. The van der Waals surface area contributed by atoms with Crippen LogP contribution in [-0.2, 0) is 21.2 Å². The van der Waals surface area contributed by atoms with Crippen LogP contribution in [0.3, 0.4) is 0 Å². The van der Waals surface area contributed by atoms with Crippen molar-refractivity contribution in [1.29, 1.82) is 0 Å². The molecule has 5 rings (SSSR count). The number of amides is 3. The van der Waals surface area contributed by atoms with E-state index in [0.717, 1.165) is 12.1 Å². The van der Waals surface area contributed by atoms with Gasteiger partial charge in [-0.3, -0.25) is 14.4 Å². The molecule has 11 heteroatoms. The molecule has 1 fully saturated rings. The Morgan fingerprint density at radius 1 is 1.18 bits per heavy atom. The largest absolute Gasteiger partial charge is 0.416 e. The van der Waals surface area contributed by atoms with E-state index in [0.29, 0.717) is 11.3 Å². The molecule has 1 saturated heterocycles. The van der Waals surface area contributed by atoms with Gasteiger partial charge in [0, 0.05) is 29.6 Å². The fourth-order valence-electron chi connectivity index (χ4n) is 5.57. The van der Waals surface area contributed by atoms with E-state index in [4.69, 9.17) is 6.42 Å². The maximum absolute atomic E-state index is 14.9. The number of nitrogens with one attached hydrogen (secondary N) is 3. The van der Waals surface area contributed by atoms with Crippen LogP contribution in [0.1, 0.15) is 48.3 Å². The molecule has 1 aromatic heterocycles. The van der Waals surface area contributed by atoms with Gasteiger partial charge in [0.1, 0.15) is 17.4 Å². The number of anilines is 1. The first-order valence-electron chi connectivity index (χ1n) is 12.6. The number of hydrogen-bond donors (Lipinski definition) is 3. The number of hydrogen-bond acceptors (Lipinski definition) is 3. The minimum Gasteiger partial charge on any atom is -0.351 e. The van der Waals surface area contributed by atoms with Gasteiger partial charge in [-0.15, -0.1) is 6.42 Å². The third kappa shape index (κ3) is 4.78. The fourth-order valence-corrected chi connectivity index (χ4v) is 5.57. The van der Waals surface area contributed by atoms with Crippen molar-refractivity contribution in [2.75, 3.05) is 11.9 Å². The predicted molar refractivity (Wildman–Crippen MR) is 140 cm³/mol. The van der Waals surface area contributed by atoms with Crippen LogP contribution in [-0.4, -0.2) is 51.9 Å². The minimum atomic E-state index is -4.56. The number of aromatic nitrogens is 1. The van der Waals surface area contributed by atoms with Gasteiger partial charge in [-0.25, -0.2) is 4.39 Å². The monoisotopic (exact) mass is 554 g/mol. The maximum Gasteiger partial charge on any atom is 0.416 e. The number of terminal acetylenes is 1. The molecular weight excluding hydrogens is 528 g/mol. The molecule has 2 aromatic carbocycles. The first-order chi connectivity index (χ1) is 18.7. The predicted octanol–water partition coefficient (Wildman–Crippen LogP) is 4.55. The lowest BCUT2D eigenvalue weighted by Crippen LogP contribution is -2.52. The smallest absolute Gasteiger partial charge is 0.351 e. The SMILES string of the molecule is C#C[C@@H]1C[C@@]2(CN1C(=O)C(CC(C)(C)F)NC(=O)c1cc3cc(C(F)(F)F)ccc3[nH]1)C(=O)Nc1ccccc12. The van der Waals surface area contributed by atoms with Crippen LogP contribution in [0.15, 0.2) is 48.5 Å². The zero-order chi connectivity index (χ0) is 29.0. The molecular formula is C29H26F4N4O3. The van der Waals surface area contributed by atoms with Crippen molar-refractivity contribution in [1.82, 2.24) is 15.2 Å². The van der Waals surface area contributed by atoms with Crippen LogP contribution in [0.5, 0.6) is 0 Å². The molecule has 3 aromatic rings. The van der Waals surface area contributed by atoms with Gasteiger partial charge in [0.05, 0.1) is 17.0 Å². The van der Waals surface area contributed by atoms with Gasteiger partial charge in [-0.2, -0.15) is 13.2 Å². The Hall–Kier alpha value is -4.33. The number of aromatic amines is 1. The standard InChI is InChI=1S/C29H26F4N4O3/c1-4-18-13-28(19-7-5-6-8-21(19)36-26(28)40)15-37(18)25(39)23(14-27(2,3)30)35-24(38)22-12-16-11-17(29(31,32)33)9-10-20(16)34-22/h1,5-12,18,23,34H,13-15H2,2-3H3,(H,35,38)(H,36,40)/t18-,23?,28+/m1/s1. The third-order valence-electron chi connectivity index (χ3n) is 7.44. The molecule has 2 aliphatic rings. The van der Waals surface area contributed by atoms with Crippen molar-refractivity contribution in [3.05, 3.63) is 65.4 Å². The van der Waals surface area contributed by atoms with Gasteiger partial charge in [0.15, 0.2) is 0 Å². The Bertz CT molecular complexity index is 1570. The second-order valence-electron chi connectivity index (χ2n) is 10.9. The normalized spacial score (nSPS) is 21.3. The Labute approximate surface area is 227 Å². The van der Waals surface area contributed by atoms with Crippen LogP contribution < -0.4 is 10.6 Å². The lowest BCUT2D eigenvalue weighted by molar-refractivity contribution is -0.137. The molecule has 208 valence electrons. The first kappa shape index (κ1) is 27.2. The number of nitrogens with zero attached hydrogens (tertiary/aromatic N) is 1. The van der Waals surface area contributed by atoms with E-state index in [1.165, 1.54) is 30.9 Å². The van der Waals surface area contributed by atoms with Crippen molar-refractivity contribution < 1.29 is 31.9 Å². The molecule has 7 nitrogen and oxygen atoms in total. The highest BCUT2D eigenvalue weighted by Crippen LogP contribution is 2.46. The van der Waals surface area contributed by atoms with Gasteiger partial charge < -0.3 is 20.5 Å². The summed E-state index contributed by atoms with van der Waals surface area (Å²) in [6.45, 7) is 2.45. The van der Waals surface area contributed by atoms with Crippen LogP contribution in [0.4, 0.5) is 23.2 Å². The summed E-state index contributed by atoms with van der Waals surface area (Å²) in [7, 11) is 0. The third-order valence-corrected chi connectivity index (χ3v) is 7.44.